The molecule has 2 heterocycles. The van der Waals surface area contributed by atoms with Gasteiger partial charge in [-0.2, -0.15) is 4.31 Å². The van der Waals surface area contributed by atoms with Gasteiger partial charge in [0.25, 0.3) is 5.91 Å². The number of benzene rings is 2. The first-order chi connectivity index (χ1) is 16.3. The summed E-state index contributed by atoms with van der Waals surface area (Å²) in [4.78, 5) is 26.4. The molecule has 2 aliphatic rings. The van der Waals surface area contributed by atoms with Crippen molar-refractivity contribution in [3.05, 3.63) is 54.1 Å². The average Bonchev–Trinajstić information content (AvgIpc) is 2.86. The van der Waals surface area contributed by atoms with Crippen molar-refractivity contribution in [3.8, 4) is 11.5 Å². The summed E-state index contributed by atoms with van der Waals surface area (Å²) in [5.74, 6) is 0.627. The van der Waals surface area contributed by atoms with E-state index < -0.39 is 16.1 Å². The predicted octanol–water partition coefficient (Wildman–Crippen LogP) is 2.35. The molecule has 1 atom stereocenters. The van der Waals surface area contributed by atoms with Crippen molar-refractivity contribution in [2.45, 2.75) is 24.3 Å². The summed E-state index contributed by atoms with van der Waals surface area (Å²) in [5.41, 5.74) is 1.12. The molecule has 0 aliphatic carbocycles. The Labute approximate surface area is 199 Å². The summed E-state index contributed by atoms with van der Waals surface area (Å²) in [7, 11) is -2.22. The molecule has 2 amide bonds. The molecule has 2 aromatic rings. The highest BCUT2D eigenvalue weighted by molar-refractivity contribution is 7.89. The number of ether oxygens (including phenoxy) is 2. The number of rotatable bonds is 6. The van der Waals surface area contributed by atoms with Crippen molar-refractivity contribution in [1.29, 1.82) is 0 Å². The quantitative estimate of drug-likeness (QED) is 0.630. The lowest BCUT2D eigenvalue weighted by Gasteiger charge is -2.33. The minimum atomic E-state index is -3.79. The van der Waals surface area contributed by atoms with Gasteiger partial charge in [-0.1, -0.05) is 25.1 Å². The van der Waals surface area contributed by atoms with Crippen LogP contribution >= 0.6 is 0 Å². The number of anilines is 1. The van der Waals surface area contributed by atoms with E-state index in [0.29, 0.717) is 23.6 Å². The Bertz CT molecular complexity index is 1220. The number of carbonyl (C=O) groups excluding carboxylic acids is 2. The van der Waals surface area contributed by atoms with E-state index >= 15 is 0 Å². The highest BCUT2D eigenvalue weighted by atomic mass is 32.2. The number of carbonyl (C=O) groups is 2. The molecular weight excluding hydrogens is 458 g/mol. The second kappa shape index (κ2) is 9.86. The van der Waals surface area contributed by atoms with Gasteiger partial charge in [0.05, 0.1) is 17.7 Å². The maximum absolute atomic E-state index is 13.2. The van der Waals surface area contributed by atoms with Gasteiger partial charge in [0.2, 0.25) is 15.9 Å². The molecule has 0 aromatic heterocycles. The second-order valence-corrected chi connectivity index (χ2v) is 9.90. The van der Waals surface area contributed by atoms with Gasteiger partial charge >= 0.3 is 0 Å². The van der Waals surface area contributed by atoms with Crippen LogP contribution in [0.25, 0.3) is 6.08 Å². The Morgan fingerprint density at radius 1 is 1.18 bits per heavy atom. The molecule has 1 saturated heterocycles. The Balaban J connectivity index is 1.41. The van der Waals surface area contributed by atoms with Gasteiger partial charge in [-0.05, 0) is 36.8 Å². The van der Waals surface area contributed by atoms with Crippen LogP contribution in [0.3, 0.4) is 0 Å². The number of nitrogens with zero attached hydrogens (tertiary/aromatic N) is 2. The number of hydrogen-bond acceptors (Lipinski definition) is 6. The molecule has 4 rings (SSSR count). The fourth-order valence-electron chi connectivity index (χ4n) is 3.93. The monoisotopic (exact) mass is 485 g/mol. The molecule has 0 spiro atoms. The van der Waals surface area contributed by atoms with Crippen LogP contribution in [0.4, 0.5) is 5.69 Å². The Kier molecular flexibility index (Phi) is 6.90. The van der Waals surface area contributed by atoms with Crippen molar-refractivity contribution in [2.24, 2.45) is 0 Å². The summed E-state index contributed by atoms with van der Waals surface area (Å²) in [6, 6.07) is 11.8. The fourth-order valence-corrected chi connectivity index (χ4v) is 5.38. The van der Waals surface area contributed by atoms with E-state index in [1.54, 1.807) is 24.2 Å². The first-order valence-corrected chi connectivity index (χ1v) is 12.5. The number of hydrogen-bond donors (Lipinski definition) is 1. The molecule has 34 heavy (non-hydrogen) atoms. The maximum Gasteiger partial charge on any atom is 0.265 e. The zero-order valence-corrected chi connectivity index (χ0v) is 19.9. The molecule has 1 N–H and O–H groups in total. The van der Waals surface area contributed by atoms with Gasteiger partial charge in [0.15, 0.2) is 6.10 Å². The first kappa shape index (κ1) is 23.8. The summed E-state index contributed by atoms with van der Waals surface area (Å²) in [6.07, 6.45) is 3.09. The van der Waals surface area contributed by atoms with Gasteiger partial charge in [0, 0.05) is 37.8 Å². The molecule has 2 aliphatic heterocycles. The Morgan fingerprint density at radius 3 is 2.62 bits per heavy atom. The van der Waals surface area contributed by atoms with Crippen molar-refractivity contribution in [1.82, 2.24) is 9.21 Å². The van der Waals surface area contributed by atoms with E-state index in [1.807, 2.05) is 31.2 Å². The molecular formula is C24H27N3O6S. The third-order valence-corrected chi connectivity index (χ3v) is 7.77. The number of sulfonamides is 1. The molecule has 9 nitrogen and oxygen atoms in total. The Morgan fingerprint density at radius 2 is 1.91 bits per heavy atom. The SMILES string of the molecule is CCC1Oc2ccc(S(=O)(=O)N3CCN(C(=O)C=Cc4ccccc4OC)CC3)cc2NC1=O. The summed E-state index contributed by atoms with van der Waals surface area (Å²) in [5, 5.41) is 2.72. The summed E-state index contributed by atoms with van der Waals surface area (Å²) < 4.78 is 38.6. The summed E-state index contributed by atoms with van der Waals surface area (Å²) >= 11 is 0. The van der Waals surface area contributed by atoms with Crippen LogP contribution < -0.4 is 14.8 Å². The number of fused-ring (bicyclic) bond motifs is 1. The van der Waals surface area contributed by atoms with Crippen LogP contribution in [0.2, 0.25) is 0 Å². The van der Waals surface area contributed by atoms with E-state index in [0.717, 1.165) is 5.56 Å². The lowest BCUT2D eigenvalue weighted by Crippen LogP contribution is -2.50. The van der Waals surface area contributed by atoms with E-state index in [9.17, 15) is 18.0 Å². The number of nitrogens with one attached hydrogen (secondary N) is 1. The standard InChI is InChI=1S/C24H27N3O6S/c1-3-20-24(29)25-19-16-18(9-10-22(19)33-20)34(30,31)27-14-12-26(13-15-27)23(28)11-8-17-6-4-5-7-21(17)32-2/h4-11,16,20H,3,12-15H2,1-2H3,(H,25,29). The Hall–Kier alpha value is -3.37. The van der Waals surface area contributed by atoms with Crippen molar-refractivity contribution in [2.75, 3.05) is 38.6 Å². The fraction of sp³-hybridized carbons (Fsp3) is 0.333. The number of para-hydroxylation sites is 1. The lowest BCUT2D eigenvalue weighted by molar-refractivity contribution is -0.127. The molecule has 1 fully saturated rings. The third-order valence-electron chi connectivity index (χ3n) is 5.87. The topological polar surface area (TPSA) is 105 Å². The smallest absolute Gasteiger partial charge is 0.265 e. The lowest BCUT2D eigenvalue weighted by atomic mass is 10.2. The van der Waals surface area contributed by atoms with Crippen molar-refractivity contribution < 1.29 is 27.5 Å². The van der Waals surface area contributed by atoms with Crippen LogP contribution in [-0.2, 0) is 19.6 Å². The van der Waals surface area contributed by atoms with E-state index in [2.05, 4.69) is 5.32 Å². The number of methoxy groups -OCH3 is 1. The predicted molar refractivity (Wildman–Crippen MR) is 127 cm³/mol. The number of amides is 2. The molecule has 180 valence electrons. The highest BCUT2D eigenvalue weighted by Gasteiger charge is 2.32. The van der Waals surface area contributed by atoms with Crippen LogP contribution in [0.5, 0.6) is 11.5 Å². The van der Waals surface area contributed by atoms with Crippen LogP contribution in [-0.4, -0.2) is 68.8 Å². The maximum atomic E-state index is 13.2. The molecule has 2 aromatic carbocycles. The molecule has 0 radical (unpaired) electrons. The molecule has 1 unspecified atom stereocenters. The first-order valence-electron chi connectivity index (χ1n) is 11.0. The van der Waals surface area contributed by atoms with E-state index in [-0.39, 0.29) is 42.9 Å². The molecule has 10 heteroatoms. The van der Waals surface area contributed by atoms with Gasteiger partial charge in [-0.3, -0.25) is 9.59 Å². The largest absolute Gasteiger partial charge is 0.496 e. The normalized spacial score (nSPS) is 18.8. The third kappa shape index (κ3) is 4.78. The van der Waals surface area contributed by atoms with E-state index in [4.69, 9.17) is 9.47 Å². The van der Waals surface area contributed by atoms with Crippen LogP contribution in [0.15, 0.2) is 53.4 Å². The van der Waals surface area contributed by atoms with Crippen LogP contribution in [0, 0.1) is 0 Å². The zero-order valence-electron chi connectivity index (χ0n) is 19.1. The van der Waals surface area contributed by atoms with Gasteiger partial charge in [-0.15, -0.1) is 0 Å². The molecule has 0 saturated carbocycles. The highest BCUT2D eigenvalue weighted by Crippen LogP contribution is 2.33. The number of piperazine rings is 1. The second-order valence-electron chi connectivity index (χ2n) is 7.97. The minimum Gasteiger partial charge on any atom is -0.496 e. The average molecular weight is 486 g/mol. The van der Waals surface area contributed by atoms with Crippen LogP contribution in [0.1, 0.15) is 18.9 Å². The minimum absolute atomic E-state index is 0.0703. The zero-order chi connectivity index (χ0) is 24.3. The van der Waals surface area contributed by atoms with Gasteiger partial charge < -0.3 is 19.7 Å². The van der Waals surface area contributed by atoms with Gasteiger partial charge in [-0.25, -0.2) is 8.42 Å². The van der Waals surface area contributed by atoms with E-state index in [1.165, 1.54) is 22.5 Å². The van der Waals surface area contributed by atoms with Crippen molar-refractivity contribution >= 4 is 33.6 Å². The summed E-state index contributed by atoms with van der Waals surface area (Å²) in [6.45, 7) is 2.74. The van der Waals surface area contributed by atoms with Crippen molar-refractivity contribution in [3.63, 3.8) is 0 Å². The van der Waals surface area contributed by atoms with Gasteiger partial charge in [0.1, 0.15) is 11.5 Å². The molecule has 0 bridgehead atoms.